The molecule has 41 heavy (non-hydrogen) atoms. The smallest absolute Gasteiger partial charge is 0.268 e. The summed E-state index contributed by atoms with van der Waals surface area (Å²) >= 11 is 12.3. The maximum absolute atomic E-state index is 13.5. The zero-order valence-electron chi connectivity index (χ0n) is 23.5. The van der Waals surface area contributed by atoms with Crippen LogP contribution in [0.3, 0.4) is 0 Å². The van der Waals surface area contributed by atoms with Gasteiger partial charge in [0, 0.05) is 32.0 Å². The number of amides is 1. The number of anilines is 1. The molecule has 0 radical (unpaired) electrons. The second-order valence-electron chi connectivity index (χ2n) is 11.5. The first-order valence-corrected chi connectivity index (χ1v) is 16.9. The third-order valence-electron chi connectivity index (χ3n) is 7.41. The summed E-state index contributed by atoms with van der Waals surface area (Å²) in [4.78, 5) is 32.8. The fourth-order valence-electron chi connectivity index (χ4n) is 4.14. The molecule has 11 nitrogen and oxygen atoms in total. The lowest BCUT2D eigenvalue weighted by Crippen LogP contribution is -2.60. The number of pyridine rings is 2. The first kappa shape index (κ1) is 29.3. The summed E-state index contributed by atoms with van der Waals surface area (Å²) in [5, 5.41) is 8.75. The van der Waals surface area contributed by atoms with Crippen LogP contribution in [0, 0.1) is 0 Å². The maximum Gasteiger partial charge on any atom is 0.268 e. The van der Waals surface area contributed by atoms with Crippen LogP contribution in [-0.4, -0.2) is 80.7 Å². The number of nitrogens with one attached hydrogen (secondary N) is 1. The van der Waals surface area contributed by atoms with Crippen LogP contribution in [0.1, 0.15) is 20.8 Å². The number of fused-ring (bicyclic) bond motifs is 1. The van der Waals surface area contributed by atoms with E-state index in [0.29, 0.717) is 52.3 Å². The van der Waals surface area contributed by atoms with Gasteiger partial charge in [0.25, 0.3) is 5.91 Å². The van der Waals surface area contributed by atoms with Gasteiger partial charge in [-0.25, -0.2) is 19.9 Å². The van der Waals surface area contributed by atoms with E-state index in [4.69, 9.17) is 32.4 Å². The van der Waals surface area contributed by atoms with Gasteiger partial charge in [0.1, 0.15) is 17.5 Å². The van der Waals surface area contributed by atoms with Gasteiger partial charge in [-0.3, -0.25) is 9.69 Å². The molecule has 0 saturated carbocycles. The summed E-state index contributed by atoms with van der Waals surface area (Å²) in [6, 6.07) is 6.74. The van der Waals surface area contributed by atoms with E-state index in [1.807, 2.05) is 0 Å². The van der Waals surface area contributed by atoms with Crippen molar-refractivity contribution in [1.82, 2.24) is 34.6 Å². The van der Waals surface area contributed by atoms with Crippen molar-refractivity contribution in [2.75, 3.05) is 25.0 Å². The summed E-state index contributed by atoms with van der Waals surface area (Å²) in [6.45, 7) is 12.9. The zero-order chi connectivity index (χ0) is 29.4. The third-order valence-corrected chi connectivity index (χ3v) is 12.5. The molecule has 1 aliphatic rings. The lowest BCUT2D eigenvalue weighted by molar-refractivity contribution is -0.125. The predicted molar refractivity (Wildman–Crippen MR) is 160 cm³/mol. The van der Waals surface area contributed by atoms with E-state index in [2.05, 4.69) is 69.1 Å². The Morgan fingerprint density at radius 2 is 1.90 bits per heavy atom. The second kappa shape index (κ2) is 11.6. The number of carbonyl (C=O) groups is 1. The molecule has 5 rings (SSSR count). The van der Waals surface area contributed by atoms with Crippen molar-refractivity contribution in [3.8, 4) is 11.7 Å². The van der Waals surface area contributed by atoms with Crippen LogP contribution in [0.15, 0.2) is 49.2 Å². The van der Waals surface area contributed by atoms with Crippen molar-refractivity contribution < 1.29 is 14.0 Å². The number of hydrogen-bond acceptors (Lipinski definition) is 9. The molecular weight excluding hydrogens is 583 g/mol. The average Bonchev–Trinajstić information content (AvgIpc) is 3.32. The highest BCUT2D eigenvalue weighted by Crippen LogP contribution is 2.38. The Balaban J connectivity index is 1.36. The fraction of sp³-hybridized carbons (Fsp3) is 0.407. The highest BCUT2D eigenvalue weighted by atomic mass is 35.5. The molecular formula is C27H32Cl2N8O3Si. The van der Waals surface area contributed by atoms with Gasteiger partial charge in [-0.05, 0) is 42.4 Å². The van der Waals surface area contributed by atoms with Gasteiger partial charge in [0.2, 0.25) is 5.88 Å². The number of aromatic nitrogens is 6. The number of carbonyl (C=O) groups excluding carboxylic acids is 1. The molecule has 1 aliphatic heterocycles. The molecule has 4 aromatic heterocycles. The Kier molecular flexibility index (Phi) is 8.31. The van der Waals surface area contributed by atoms with Crippen molar-refractivity contribution in [3.63, 3.8) is 0 Å². The Morgan fingerprint density at radius 3 is 2.59 bits per heavy atom. The van der Waals surface area contributed by atoms with E-state index in [-0.39, 0.29) is 22.9 Å². The van der Waals surface area contributed by atoms with Gasteiger partial charge in [0.05, 0.1) is 22.3 Å². The van der Waals surface area contributed by atoms with Crippen molar-refractivity contribution in [2.45, 2.75) is 51.1 Å². The number of hydrogen-bond donors (Lipinski definition) is 1. The molecule has 1 N–H and O–H groups in total. The Labute approximate surface area is 249 Å². The molecule has 1 saturated heterocycles. The minimum absolute atomic E-state index is 0.115. The molecule has 0 aromatic carbocycles. The molecule has 0 bridgehead atoms. The predicted octanol–water partition coefficient (Wildman–Crippen LogP) is 5.00. The molecule has 14 heteroatoms. The van der Waals surface area contributed by atoms with Gasteiger partial charge in [-0.1, -0.05) is 44.0 Å². The van der Waals surface area contributed by atoms with E-state index >= 15 is 0 Å². The fourth-order valence-corrected chi connectivity index (χ4v) is 5.79. The molecule has 0 unspecified atom stereocenters. The Hall–Kier alpha value is -3.16. The zero-order valence-corrected chi connectivity index (χ0v) is 26.0. The number of ether oxygens (including phenoxy) is 1. The highest BCUT2D eigenvalue weighted by molar-refractivity contribution is 6.74. The van der Waals surface area contributed by atoms with Gasteiger partial charge in [0.15, 0.2) is 25.9 Å². The SMILES string of the molecule is CC(C)(C)[Si](C)(C)OC1CN(C[C@H](Oc2ncnc3c2cnn3-c2ncccc2Cl)C(=O)Nc2ccc(Cl)cn2)C1. The van der Waals surface area contributed by atoms with Crippen LogP contribution < -0.4 is 10.1 Å². The van der Waals surface area contributed by atoms with Gasteiger partial charge in [-0.15, -0.1) is 0 Å². The molecule has 5 heterocycles. The average molecular weight is 616 g/mol. The van der Waals surface area contributed by atoms with Crippen LogP contribution in [0.25, 0.3) is 16.9 Å². The van der Waals surface area contributed by atoms with Crippen molar-refractivity contribution >= 4 is 54.3 Å². The lowest BCUT2D eigenvalue weighted by atomic mass is 10.1. The lowest BCUT2D eigenvalue weighted by Gasteiger charge is -2.46. The van der Waals surface area contributed by atoms with Crippen molar-refractivity contribution in [2.24, 2.45) is 0 Å². The summed E-state index contributed by atoms with van der Waals surface area (Å²) in [5.74, 6) is 0.624. The molecule has 1 atom stereocenters. The van der Waals surface area contributed by atoms with Gasteiger partial charge < -0.3 is 14.5 Å². The summed E-state index contributed by atoms with van der Waals surface area (Å²) in [7, 11) is -1.90. The van der Waals surface area contributed by atoms with Crippen LogP contribution >= 0.6 is 23.2 Å². The molecule has 1 fully saturated rings. The number of rotatable bonds is 9. The summed E-state index contributed by atoms with van der Waals surface area (Å²) in [5.41, 5.74) is 0.445. The largest absolute Gasteiger partial charge is 0.462 e. The van der Waals surface area contributed by atoms with E-state index in [1.165, 1.54) is 17.2 Å². The number of halogens is 2. The van der Waals surface area contributed by atoms with Crippen LogP contribution in [0.5, 0.6) is 5.88 Å². The monoisotopic (exact) mass is 614 g/mol. The number of nitrogens with zero attached hydrogens (tertiary/aromatic N) is 7. The molecule has 1 amide bonds. The summed E-state index contributed by atoms with van der Waals surface area (Å²) < 4.78 is 14.3. The van der Waals surface area contributed by atoms with E-state index < -0.39 is 14.4 Å². The summed E-state index contributed by atoms with van der Waals surface area (Å²) in [6.07, 6.45) is 5.21. The van der Waals surface area contributed by atoms with E-state index in [9.17, 15) is 4.79 Å². The quantitative estimate of drug-likeness (QED) is 0.259. The minimum atomic E-state index is -1.90. The van der Waals surface area contributed by atoms with Crippen LogP contribution in [-0.2, 0) is 9.22 Å². The van der Waals surface area contributed by atoms with Crippen LogP contribution in [0.2, 0.25) is 28.2 Å². The van der Waals surface area contributed by atoms with Crippen molar-refractivity contribution in [3.05, 3.63) is 59.2 Å². The highest BCUT2D eigenvalue weighted by Gasteiger charge is 2.42. The first-order chi connectivity index (χ1) is 19.4. The molecule has 0 spiro atoms. The first-order valence-electron chi connectivity index (χ1n) is 13.2. The topological polar surface area (TPSA) is 120 Å². The maximum atomic E-state index is 13.5. The third kappa shape index (κ3) is 6.51. The van der Waals surface area contributed by atoms with E-state index in [0.717, 1.165) is 0 Å². The molecule has 4 aromatic rings. The van der Waals surface area contributed by atoms with Gasteiger partial charge in [-0.2, -0.15) is 9.78 Å². The normalized spacial score (nSPS) is 15.5. The molecule has 0 aliphatic carbocycles. The molecule has 216 valence electrons. The number of likely N-dealkylation sites (tertiary alicyclic amines) is 1. The van der Waals surface area contributed by atoms with Crippen molar-refractivity contribution in [1.29, 1.82) is 0 Å². The Bertz CT molecular complexity index is 1540. The van der Waals surface area contributed by atoms with Gasteiger partial charge >= 0.3 is 0 Å². The second-order valence-corrected chi connectivity index (χ2v) is 17.1. The van der Waals surface area contributed by atoms with Crippen LogP contribution in [0.4, 0.5) is 5.82 Å². The van der Waals surface area contributed by atoms with E-state index in [1.54, 1.807) is 36.7 Å². The Morgan fingerprint density at radius 1 is 1.12 bits per heavy atom. The standard InChI is InChI=1S/C27H32Cl2N8O3Si/c1-27(2,3)41(4,5)40-18-13-36(14-18)15-21(25(38)35-22-9-8-17(28)11-31-22)39-26-19-12-34-37(23(19)32-16-33-26)24-20(29)7-6-10-30-24/h6-12,16,18,21H,13-15H2,1-5H3,(H,31,35,38)/t21-/m0/s1. The minimum Gasteiger partial charge on any atom is -0.462 e.